The average molecular weight is 215 g/mol. The van der Waals surface area contributed by atoms with Crippen molar-refractivity contribution in [1.82, 2.24) is 5.32 Å². The van der Waals surface area contributed by atoms with E-state index >= 15 is 0 Å². The summed E-state index contributed by atoms with van der Waals surface area (Å²) in [7, 11) is 1.33. The molecule has 1 N–H and O–H groups in total. The maximum Gasteiger partial charge on any atom is 0.328 e. The molecule has 0 aromatic rings. The minimum Gasteiger partial charge on any atom is -0.467 e. The van der Waals surface area contributed by atoms with Crippen LogP contribution in [0.4, 0.5) is 0 Å². The van der Waals surface area contributed by atoms with Gasteiger partial charge < -0.3 is 10.1 Å². The van der Waals surface area contributed by atoms with Gasteiger partial charge in [-0.1, -0.05) is 27.7 Å². The summed E-state index contributed by atoms with van der Waals surface area (Å²) in [6.45, 7) is 9.39. The Morgan fingerprint density at radius 2 is 1.73 bits per heavy atom. The maximum absolute atomic E-state index is 11.5. The van der Waals surface area contributed by atoms with Crippen LogP contribution in [0.3, 0.4) is 0 Å². The van der Waals surface area contributed by atoms with Crippen molar-refractivity contribution in [2.45, 2.75) is 40.7 Å². The zero-order chi connectivity index (χ0) is 12.2. The Morgan fingerprint density at radius 1 is 1.27 bits per heavy atom. The van der Waals surface area contributed by atoms with Crippen molar-refractivity contribution in [2.24, 2.45) is 11.3 Å². The molecule has 15 heavy (non-hydrogen) atoms. The molecule has 4 nitrogen and oxygen atoms in total. The molecule has 0 unspecified atom stereocenters. The van der Waals surface area contributed by atoms with E-state index < -0.39 is 12.0 Å². The molecule has 0 saturated heterocycles. The van der Waals surface area contributed by atoms with Crippen LogP contribution in [0, 0.1) is 11.3 Å². The van der Waals surface area contributed by atoms with E-state index in [0.717, 1.165) is 0 Å². The molecule has 0 fully saturated rings. The molecular formula is C11H21NO3. The molecule has 2 atom stereocenters. The third-order valence-electron chi connectivity index (χ3n) is 2.68. The number of hydrogen-bond donors (Lipinski definition) is 1. The summed E-state index contributed by atoms with van der Waals surface area (Å²) in [4.78, 5) is 22.5. The van der Waals surface area contributed by atoms with Gasteiger partial charge in [-0.25, -0.2) is 4.79 Å². The first-order valence-electron chi connectivity index (χ1n) is 5.05. The summed E-state index contributed by atoms with van der Waals surface area (Å²) in [5, 5.41) is 2.62. The summed E-state index contributed by atoms with van der Waals surface area (Å²) >= 11 is 0. The smallest absolute Gasteiger partial charge is 0.328 e. The minimum atomic E-state index is -0.576. The highest BCUT2D eigenvalue weighted by molar-refractivity contribution is 5.83. The van der Waals surface area contributed by atoms with Crippen LogP contribution < -0.4 is 5.32 Å². The Balaban J connectivity index is 4.78. The molecule has 0 aliphatic heterocycles. The first-order chi connectivity index (χ1) is 6.70. The summed E-state index contributed by atoms with van der Waals surface area (Å²) in [6, 6.07) is -0.576. The van der Waals surface area contributed by atoms with E-state index in [9.17, 15) is 9.59 Å². The second-order valence-electron chi connectivity index (χ2n) is 4.86. The second kappa shape index (κ2) is 5.14. The van der Waals surface area contributed by atoms with Gasteiger partial charge in [0.05, 0.1) is 7.11 Å². The third kappa shape index (κ3) is 4.32. The molecule has 0 spiro atoms. The van der Waals surface area contributed by atoms with Crippen molar-refractivity contribution in [2.75, 3.05) is 7.11 Å². The van der Waals surface area contributed by atoms with Crippen LogP contribution in [-0.2, 0) is 14.3 Å². The number of esters is 1. The normalized spacial score (nSPS) is 15.3. The molecule has 0 heterocycles. The lowest BCUT2D eigenvalue weighted by Gasteiger charge is -2.32. The lowest BCUT2D eigenvalue weighted by atomic mass is 9.77. The zero-order valence-electron chi connectivity index (χ0n) is 10.4. The van der Waals surface area contributed by atoms with Crippen molar-refractivity contribution in [3.63, 3.8) is 0 Å². The summed E-state index contributed by atoms with van der Waals surface area (Å²) in [5.74, 6) is -0.608. The number of ether oxygens (including phenoxy) is 1. The number of carbonyl (C=O) groups is 2. The standard InChI is InChI=1S/C11H21NO3/c1-7(11(3,4)5)9(10(14)15-6)12-8(2)13/h7,9H,1-6H3,(H,12,13)/t7-,9-/m0/s1. The van der Waals surface area contributed by atoms with Gasteiger partial charge in [0.15, 0.2) is 0 Å². The summed E-state index contributed by atoms with van der Waals surface area (Å²) in [6.07, 6.45) is 0. The Kier molecular flexibility index (Phi) is 4.78. The fourth-order valence-corrected chi connectivity index (χ4v) is 1.23. The predicted molar refractivity (Wildman–Crippen MR) is 58.2 cm³/mol. The molecule has 0 aromatic carbocycles. The Labute approximate surface area is 91.4 Å². The van der Waals surface area contributed by atoms with Crippen LogP contribution in [0.5, 0.6) is 0 Å². The van der Waals surface area contributed by atoms with E-state index in [1.807, 2.05) is 27.7 Å². The monoisotopic (exact) mass is 215 g/mol. The predicted octanol–water partition coefficient (Wildman–Crippen LogP) is 1.35. The highest BCUT2D eigenvalue weighted by Gasteiger charge is 2.34. The molecule has 0 radical (unpaired) electrons. The topological polar surface area (TPSA) is 55.4 Å². The molecule has 0 aliphatic rings. The SMILES string of the molecule is COC(=O)[C@@H](NC(C)=O)[C@H](C)C(C)(C)C. The lowest BCUT2D eigenvalue weighted by molar-refractivity contribution is -0.147. The molecule has 0 rings (SSSR count). The highest BCUT2D eigenvalue weighted by atomic mass is 16.5. The molecule has 1 amide bonds. The van der Waals surface area contributed by atoms with Crippen molar-refractivity contribution in [3.05, 3.63) is 0 Å². The van der Waals surface area contributed by atoms with Gasteiger partial charge in [0.1, 0.15) is 6.04 Å². The van der Waals surface area contributed by atoms with Gasteiger partial charge in [0, 0.05) is 6.92 Å². The van der Waals surface area contributed by atoms with Gasteiger partial charge in [-0.05, 0) is 11.3 Å². The largest absolute Gasteiger partial charge is 0.467 e. The summed E-state index contributed by atoms with van der Waals surface area (Å²) in [5.41, 5.74) is -0.0681. The highest BCUT2D eigenvalue weighted by Crippen LogP contribution is 2.28. The molecular weight excluding hydrogens is 194 g/mol. The zero-order valence-corrected chi connectivity index (χ0v) is 10.4. The van der Waals surface area contributed by atoms with Crippen LogP contribution in [0.15, 0.2) is 0 Å². The maximum atomic E-state index is 11.5. The van der Waals surface area contributed by atoms with Crippen molar-refractivity contribution >= 4 is 11.9 Å². The van der Waals surface area contributed by atoms with Crippen LogP contribution in [0.2, 0.25) is 0 Å². The van der Waals surface area contributed by atoms with Crippen LogP contribution >= 0.6 is 0 Å². The molecule has 4 heteroatoms. The second-order valence-corrected chi connectivity index (χ2v) is 4.86. The van der Waals surface area contributed by atoms with E-state index in [0.29, 0.717) is 0 Å². The number of nitrogens with one attached hydrogen (secondary N) is 1. The fourth-order valence-electron chi connectivity index (χ4n) is 1.23. The van der Waals surface area contributed by atoms with Gasteiger partial charge in [-0.3, -0.25) is 4.79 Å². The van der Waals surface area contributed by atoms with Crippen molar-refractivity contribution < 1.29 is 14.3 Å². The van der Waals surface area contributed by atoms with E-state index in [1.54, 1.807) is 0 Å². The number of rotatable bonds is 3. The number of methoxy groups -OCH3 is 1. The van der Waals surface area contributed by atoms with E-state index in [-0.39, 0.29) is 17.2 Å². The lowest BCUT2D eigenvalue weighted by Crippen LogP contribution is -2.48. The Morgan fingerprint density at radius 3 is 2.00 bits per heavy atom. The first kappa shape index (κ1) is 13.9. The van der Waals surface area contributed by atoms with Crippen molar-refractivity contribution in [1.29, 1.82) is 0 Å². The van der Waals surface area contributed by atoms with Gasteiger partial charge in [0.25, 0.3) is 0 Å². The van der Waals surface area contributed by atoms with Gasteiger partial charge >= 0.3 is 5.97 Å². The van der Waals surface area contributed by atoms with Crippen molar-refractivity contribution in [3.8, 4) is 0 Å². The molecule has 0 aliphatic carbocycles. The van der Waals surface area contributed by atoms with Gasteiger partial charge in [-0.15, -0.1) is 0 Å². The third-order valence-corrected chi connectivity index (χ3v) is 2.68. The van der Waals surface area contributed by atoms with Crippen LogP contribution in [0.1, 0.15) is 34.6 Å². The quantitative estimate of drug-likeness (QED) is 0.723. The minimum absolute atomic E-state index is 0.00819. The molecule has 0 aromatic heterocycles. The van der Waals surface area contributed by atoms with Crippen LogP contribution in [-0.4, -0.2) is 25.0 Å². The molecule has 0 bridgehead atoms. The Hall–Kier alpha value is -1.06. The molecule has 88 valence electrons. The van der Waals surface area contributed by atoms with Crippen LogP contribution in [0.25, 0.3) is 0 Å². The molecule has 0 saturated carbocycles. The number of amides is 1. The Bertz CT molecular complexity index is 243. The van der Waals surface area contributed by atoms with E-state index in [1.165, 1.54) is 14.0 Å². The van der Waals surface area contributed by atoms with Gasteiger partial charge in [-0.2, -0.15) is 0 Å². The average Bonchev–Trinajstić information content (AvgIpc) is 2.10. The van der Waals surface area contributed by atoms with E-state index in [2.05, 4.69) is 10.1 Å². The van der Waals surface area contributed by atoms with Gasteiger partial charge in [0.2, 0.25) is 5.91 Å². The first-order valence-corrected chi connectivity index (χ1v) is 5.05. The van der Waals surface area contributed by atoms with E-state index in [4.69, 9.17) is 0 Å². The fraction of sp³-hybridized carbons (Fsp3) is 0.818. The number of carbonyl (C=O) groups excluding carboxylic acids is 2. The number of hydrogen-bond acceptors (Lipinski definition) is 3. The summed E-state index contributed by atoms with van der Waals surface area (Å²) < 4.78 is 4.68.